The molecule has 1 saturated heterocycles. The normalized spacial score (nSPS) is 22.3. The second-order valence-electron chi connectivity index (χ2n) is 5.23. The van der Waals surface area contributed by atoms with E-state index < -0.39 is 11.6 Å². The van der Waals surface area contributed by atoms with Crippen LogP contribution in [0, 0.1) is 0 Å². The van der Waals surface area contributed by atoms with Crippen molar-refractivity contribution in [1.29, 1.82) is 0 Å². The number of hydrogen-bond acceptors (Lipinski definition) is 3. The van der Waals surface area contributed by atoms with Crippen molar-refractivity contribution in [2.24, 2.45) is 0 Å². The minimum atomic E-state index is -0.858. The van der Waals surface area contributed by atoms with Crippen LogP contribution in [-0.4, -0.2) is 33.3 Å². The predicted molar refractivity (Wildman–Crippen MR) is 74.2 cm³/mol. The van der Waals surface area contributed by atoms with Crippen LogP contribution in [0.4, 0.5) is 0 Å². The first-order valence-electron chi connectivity index (χ1n) is 6.04. The summed E-state index contributed by atoms with van der Waals surface area (Å²) in [6.45, 7) is 5.54. The molecule has 0 saturated carbocycles. The Labute approximate surface area is 120 Å². The summed E-state index contributed by atoms with van der Waals surface area (Å²) in [5, 5.41) is 2.73. The second kappa shape index (κ2) is 4.92. The lowest BCUT2D eigenvalue weighted by Gasteiger charge is -2.41. The van der Waals surface area contributed by atoms with Crippen molar-refractivity contribution < 1.29 is 9.59 Å². The van der Waals surface area contributed by atoms with E-state index in [0.29, 0.717) is 6.54 Å². The molecule has 2 rings (SSSR count). The van der Waals surface area contributed by atoms with Gasteiger partial charge in [-0.05, 0) is 48.3 Å². The summed E-state index contributed by atoms with van der Waals surface area (Å²) in [4.78, 5) is 29.9. The standard InChI is InChI=1S/C13H16BrN3O2/c1-8-11(18)16-13(2,3)12(19)17(8)7-9-4-10(14)6-15-5-9/h4-6,8H,7H2,1-3H3,(H,16,18). The van der Waals surface area contributed by atoms with Gasteiger partial charge in [-0.25, -0.2) is 0 Å². The smallest absolute Gasteiger partial charge is 0.248 e. The minimum Gasteiger partial charge on any atom is -0.340 e. The SMILES string of the molecule is CC1C(=O)NC(C)(C)C(=O)N1Cc1cncc(Br)c1. The van der Waals surface area contributed by atoms with E-state index in [4.69, 9.17) is 0 Å². The minimum absolute atomic E-state index is 0.0837. The van der Waals surface area contributed by atoms with Crippen LogP contribution in [0.3, 0.4) is 0 Å². The molecule has 0 radical (unpaired) electrons. The van der Waals surface area contributed by atoms with Gasteiger partial charge in [-0.1, -0.05) is 0 Å². The molecular weight excluding hydrogens is 310 g/mol. The van der Waals surface area contributed by atoms with E-state index in [0.717, 1.165) is 10.0 Å². The van der Waals surface area contributed by atoms with Crippen molar-refractivity contribution >= 4 is 27.7 Å². The lowest BCUT2D eigenvalue weighted by Crippen LogP contribution is -2.66. The molecule has 2 heterocycles. The van der Waals surface area contributed by atoms with Crippen LogP contribution in [0.1, 0.15) is 26.3 Å². The van der Waals surface area contributed by atoms with Crippen LogP contribution in [-0.2, 0) is 16.1 Å². The predicted octanol–water partition coefficient (Wildman–Crippen LogP) is 1.47. The molecule has 1 aliphatic rings. The van der Waals surface area contributed by atoms with E-state index in [1.165, 1.54) is 0 Å². The Kier molecular flexibility index (Phi) is 3.62. The van der Waals surface area contributed by atoms with Gasteiger partial charge in [-0.15, -0.1) is 0 Å². The molecule has 1 N–H and O–H groups in total. The fourth-order valence-corrected chi connectivity index (χ4v) is 2.50. The highest BCUT2D eigenvalue weighted by molar-refractivity contribution is 9.10. The largest absolute Gasteiger partial charge is 0.340 e. The summed E-state index contributed by atoms with van der Waals surface area (Å²) in [6, 6.07) is 1.42. The number of aromatic nitrogens is 1. The van der Waals surface area contributed by atoms with Gasteiger partial charge >= 0.3 is 0 Å². The van der Waals surface area contributed by atoms with E-state index in [1.54, 1.807) is 38.1 Å². The first kappa shape index (κ1) is 14.0. The quantitative estimate of drug-likeness (QED) is 0.895. The average molecular weight is 326 g/mol. The van der Waals surface area contributed by atoms with E-state index >= 15 is 0 Å². The first-order valence-corrected chi connectivity index (χ1v) is 6.83. The Hall–Kier alpha value is -1.43. The van der Waals surface area contributed by atoms with Gasteiger partial charge in [0.05, 0.1) is 0 Å². The summed E-state index contributed by atoms with van der Waals surface area (Å²) < 4.78 is 0.853. The van der Waals surface area contributed by atoms with Crippen molar-refractivity contribution in [2.45, 2.75) is 38.9 Å². The lowest BCUT2D eigenvalue weighted by atomic mass is 9.97. The number of amides is 2. The molecule has 1 aromatic rings. The Morgan fingerprint density at radius 2 is 2.11 bits per heavy atom. The fourth-order valence-electron chi connectivity index (χ4n) is 2.09. The van der Waals surface area contributed by atoms with Gasteiger partial charge in [0.15, 0.2) is 0 Å². The summed E-state index contributed by atoms with van der Waals surface area (Å²) in [5.41, 5.74) is 0.0309. The van der Waals surface area contributed by atoms with Crippen molar-refractivity contribution in [2.75, 3.05) is 0 Å². The Morgan fingerprint density at radius 1 is 1.42 bits per heavy atom. The number of rotatable bonds is 2. The van der Waals surface area contributed by atoms with E-state index in [1.807, 2.05) is 6.07 Å². The third-order valence-corrected chi connectivity index (χ3v) is 3.63. The molecule has 1 unspecified atom stereocenters. The summed E-state index contributed by atoms with van der Waals surface area (Å²) >= 11 is 3.35. The van der Waals surface area contributed by atoms with E-state index in [2.05, 4.69) is 26.2 Å². The van der Waals surface area contributed by atoms with Crippen molar-refractivity contribution in [1.82, 2.24) is 15.2 Å². The molecule has 1 aromatic heterocycles. The number of nitrogens with zero attached hydrogens (tertiary/aromatic N) is 2. The molecule has 0 bridgehead atoms. The van der Waals surface area contributed by atoms with Crippen LogP contribution in [0.15, 0.2) is 22.9 Å². The maximum Gasteiger partial charge on any atom is 0.248 e. The number of carbonyl (C=O) groups excluding carboxylic acids is 2. The summed E-state index contributed by atoms with van der Waals surface area (Å²) in [7, 11) is 0. The van der Waals surface area contributed by atoms with Crippen molar-refractivity contribution in [3.8, 4) is 0 Å². The van der Waals surface area contributed by atoms with Gasteiger partial charge in [0.1, 0.15) is 11.6 Å². The molecule has 0 aliphatic carbocycles. The van der Waals surface area contributed by atoms with E-state index in [-0.39, 0.29) is 11.8 Å². The number of hydrogen-bond donors (Lipinski definition) is 1. The topological polar surface area (TPSA) is 62.3 Å². The zero-order valence-electron chi connectivity index (χ0n) is 11.1. The van der Waals surface area contributed by atoms with Gasteiger partial charge < -0.3 is 10.2 Å². The van der Waals surface area contributed by atoms with Crippen LogP contribution in [0.2, 0.25) is 0 Å². The summed E-state index contributed by atoms with van der Waals surface area (Å²) in [5.74, 6) is -0.216. The number of carbonyl (C=O) groups is 2. The fraction of sp³-hybridized carbons (Fsp3) is 0.462. The molecule has 1 aliphatic heterocycles. The summed E-state index contributed by atoms with van der Waals surface area (Å²) in [6.07, 6.45) is 3.38. The lowest BCUT2D eigenvalue weighted by molar-refractivity contribution is -0.153. The molecule has 0 aromatic carbocycles. The zero-order chi connectivity index (χ0) is 14.2. The maximum absolute atomic E-state index is 12.4. The Morgan fingerprint density at radius 3 is 2.74 bits per heavy atom. The Balaban J connectivity index is 2.26. The van der Waals surface area contributed by atoms with Gasteiger partial charge in [-0.2, -0.15) is 0 Å². The molecule has 1 fully saturated rings. The molecule has 0 spiro atoms. The molecule has 6 heteroatoms. The number of halogens is 1. The maximum atomic E-state index is 12.4. The zero-order valence-corrected chi connectivity index (χ0v) is 12.7. The third-order valence-electron chi connectivity index (χ3n) is 3.19. The van der Waals surface area contributed by atoms with Crippen molar-refractivity contribution in [3.63, 3.8) is 0 Å². The number of pyridine rings is 1. The van der Waals surface area contributed by atoms with Crippen LogP contribution >= 0.6 is 15.9 Å². The van der Waals surface area contributed by atoms with E-state index in [9.17, 15) is 9.59 Å². The van der Waals surface area contributed by atoms with Crippen LogP contribution in [0.25, 0.3) is 0 Å². The number of nitrogens with one attached hydrogen (secondary N) is 1. The number of piperazine rings is 1. The molecular formula is C13H16BrN3O2. The van der Waals surface area contributed by atoms with Crippen molar-refractivity contribution in [3.05, 3.63) is 28.5 Å². The monoisotopic (exact) mass is 325 g/mol. The molecule has 19 heavy (non-hydrogen) atoms. The van der Waals surface area contributed by atoms with Crippen LogP contribution in [0.5, 0.6) is 0 Å². The molecule has 102 valence electrons. The van der Waals surface area contributed by atoms with Gasteiger partial charge in [0.2, 0.25) is 11.8 Å². The second-order valence-corrected chi connectivity index (χ2v) is 6.15. The molecule has 1 atom stereocenters. The van der Waals surface area contributed by atoms with Gasteiger partial charge in [0.25, 0.3) is 0 Å². The molecule has 2 amide bonds. The highest BCUT2D eigenvalue weighted by atomic mass is 79.9. The molecule has 5 nitrogen and oxygen atoms in total. The highest BCUT2D eigenvalue weighted by Gasteiger charge is 2.43. The first-order chi connectivity index (χ1) is 8.81. The van der Waals surface area contributed by atoms with Gasteiger partial charge in [0, 0.05) is 23.4 Å². The Bertz CT molecular complexity index is 530. The average Bonchev–Trinajstić information content (AvgIpc) is 2.32. The highest BCUT2D eigenvalue weighted by Crippen LogP contribution is 2.21. The van der Waals surface area contributed by atoms with Crippen LogP contribution < -0.4 is 5.32 Å². The van der Waals surface area contributed by atoms with Gasteiger partial charge in [-0.3, -0.25) is 14.6 Å². The third kappa shape index (κ3) is 2.78.